The molecule has 1 atom stereocenters. The van der Waals surface area contributed by atoms with Gasteiger partial charge in [0.1, 0.15) is 5.52 Å². The highest BCUT2D eigenvalue weighted by Crippen LogP contribution is 2.17. The molecule has 0 saturated heterocycles. The van der Waals surface area contributed by atoms with Crippen LogP contribution in [0.15, 0.2) is 52.9 Å². The number of aryl methyl sites for hydroxylation is 2. The Bertz CT molecular complexity index is 700. The second-order valence-corrected chi connectivity index (χ2v) is 5.50. The predicted octanol–water partition coefficient (Wildman–Crippen LogP) is 3.64. The van der Waals surface area contributed by atoms with E-state index in [1.165, 1.54) is 11.1 Å². The van der Waals surface area contributed by atoms with Gasteiger partial charge in [0.05, 0.1) is 0 Å². The topological polar surface area (TPSA) is 52.0 Å². The molecule has 3 rings (SSSR count). The Balaban J connectivity index is 1.61. The summed E-state index contributed by atoms with van der Waals surface area (Å²) in [5.74, 6) is 0.730. The van der Waals surface area contributed by atoms with Crippen molar-refractivity contribution in [3.05, 3.63) is 65.5 Å². The number of hydrogen-bond acceptors (Lipinski definition) is 3. The highest BCUT2D eigenvalue weighted by Gasteiger charge is 2.11. The van der Waals surface area contributed by atoms with Crippen LogP contribution in [-0.4, -0.2) is 11.0 Å². The Morgan fingerprint density at radius 2 is 1.86 bits per heavy atom. The minimum atomic E-state index is 0.0673. The van der Waals surface area contributed by atoms with Crippen LogP contribution in [0.4, 0.5) is 0 Å². The highest BCUT2D eigenvalue weighted by atomic mass is 16.3. The normalized spacial score (nSPS) is 12.7. The maximum absolute atomic E-state index is 6.23. The van der Waals surface area contributed by atoms with Crippen molar-refractivity contribution < 1.29 is 4.42 Å². The number of nitrogens with zero attached hydrogens (tertiary/aromatic N) is 1. The Morgan fingerprint density at radius 1 is 1.10 bits per heavy atom. The van der Waals surface area contributed by atoms with Gasteiger partial charge in [-0.1, -0.05) is 36.4 Å². The summed E-state index contributed by atoms with van der Waals surface area (Å²) in [4.78, 5) is 4.48. The Kier molecular flexibility index (Phi) is 4.02. The lowest BCUT2D eigenvalue weighted by atomic mass is 10.00. The van der Waals surface area contributed by atoms with Crippen molar-refractivity contribution in [1.82, 2.24) is 4.98 Å². The average molecular weight is 280 g/mol. The van der Waals surface area contributed by atoms with Gasteiger partial charge in [0.2, 0.25) is 0 Å². The molecule has 0 spiro atoms. The van der Waals surface area contributed by atoms with Gasteiger partial charge in [-0.15, -0.1) is 0 Å². The molecule has 1 aromatic heterocycles. The van der Waals surface area contributed by atoms with Gasteiger partial charge >= 0.3 is 0 Å². The van der Waals surface area contributed by atoms with Crippen LogP contribution in [0, 0.1) is 6.92 Å². The molecule has 0 aliphatic carbocycles. The number of para-hydroxylation sites is 2. The average Bonchev–Trinajstić information content (AvgIpc) is 2.88. The van der Waals surface area contributed by atoms with E-state index in [2.05, 4.69) is 36.2 Å². The van der Waals surface area contributed by atoms with E-state index >= 15 is 0 Å². The molecule has 0 aliphatic rings. The van der Waals surface area contributed by atoms with Crippen LogP contribution < -0.4 is 5.73 Å². The van der Waals surface area contributed by atoms with E-state index in [-0.39, 0.29) is 6.04 Å². The van der Waals surface area contributed by atoms with E-state index in [1.54, 1.807) is 0 Å². The summed E-state index contributed by atoms with van der Waals surface area (Å²) < 4.78 is 5.72. The summed E-state index contributed by atoms with van der Waals surface area (Å²) in [6.07, 6.45) is 2.61. The van der Waals surface area contributed by atoms with Crippen molar-refractivity contribution in [2.45, 2.75) is 32.2 Å². The van der Waals surface area contributed by atoms with Crippen molar-refractivity contribution in [2.24, 2.45) is 5.73 Å². The molecule has 0 amide bonds. The molecule has 21 heavy (non-hydrogen) atoms. The third kappa shape index (κ3) is 3.31. The smallest absolute Gasteiger partial charge is 0.197 e. The van der Waals surface area contributed by atoms with Crippen LogP contribution in [0.5, 0.6) is 0 Å². The summed E-state index contributed by atoms with van der Waals surface area (Å²) in [7, 11) is 0. The second-order valence-electron chi connectivity index (χ2n) is 5.50. The van der Waals surface area contributed by atoms with Crippen molar-refractivity contribution in [2.75, 3.05) is 0 Å². The standard InChI is InChI=1S/C18H20N2O/c1-13-6-2-3-7-14(13)10-11-15(19)12-18-20-16-8-4-5-9-17(16)21-18/h2-9,15H,10-12,19H2,1H3. The zero-order valence-electron chi connectivity index (χ0n) is 12.3. The van der Waals surface area contributed by atoms with Gasteiger partial charge in [0.15, 0.2) is 11.5 Å². The molecule has 1 heterocycles. The first-order valence-electron chi connectivity index (χ1n) is 7.37. The fourth-order valence-corrected chi connectivity index (χ4v) is 2.57. The number of nitrogens with two attached hydrogens (primary N) is 1. The van der Waals surface area contributed by atoms with Gasteiger partial charge in [-0.05, 0) is 43.0 Å². The summed E-state index contributed by atoms with van der Waals surface area (Å²) in [5, 5.41) is 0. The van der Waals surface area contributed by atoms with E-state index in [4.69, 9.17) is 10.2 Å². The van der Waals surface area contributed by atoms with Crippen LogP contribution in [0.1, 0.15) is 23.4 Å². The zero-order valence-corrected chi connectivity index (χ0v) is 12.3. The first-order valence-corrected chi connectivity index (χ1v) is 7.37. The minimum absolute atomic E-state index is 0.0673. The monoisotopic (exact) mass is 280 g/mol. The molecule has 0 saturated carbocycles. The number of benzene rings is 2. The van der Waals surface area contributed by atoms with Crippen LogP contribution in [0.3, 0.4) is 0 Å². The molecule has 3 nitrogen and oxygen atoms in total. The molecular formula is C18H20N2O. The molecule has 0 fully saturated rings. The fraction of sp³-hybridized carbons (Fsp3) is 0.278. The Labute approximate surface area is 124 Å². The molecule has 0 radical (unpaired) electrons. The molecule has 0 bridgehead atoms. The number of oxazole rings is 1. The van der Waals surface area contributed by atoms with Crippen LogP contribution >= 0.6 is 0 Å². The summed E-state index contributed by atoms with van der Waals surface area (Å²) in [6, 6.07) is 16.3. The lowest BCUT2D eigenvalue weighted by Gasteiger charge is -2.10. The number of hydrogen-bond donors (Lipinski definition) is 1. The summed E-state index contributed by atoms with van der Waals surface area (Å²) >= 11 is 0. The third-order valence-corrected chi connectivity index (χ3v) is 3.82. The molecule has 108 valence electrons. The molecular weight excluding hydrogens is 260 g/mol. The number of rotatable bonds is 5. The molecule has 3 aromatic rings. The maximum atomic E-state index is 6.23. The van der Waals surface area contributed by atoms with Crippen molar-refractivity contribution >= 4 is 11.1 Å². The van der Waals surface area contributed by atoms with E-state index in [1.807, 2.05) is 24.3 Å². The first-order chi connectivity index (χ1) is 10.2. The minimum Gasteiger partial charge on any atom is -0.441 e. The van der Waals surface area contributed by atoms with Gasteiger partial charge in [0.25, 0.3) is 0 Å². The van der Waals surface area contributed by atoms with Gasteiger partial charge in [-0.25, -0.2) is 4.98 Å². The lowest BCUT2D eigenvalue weighted by Crippen LogP contribution is -2.23. The van der Waals surface area contributed by atoms with Crippen LogP contribution in [-0.2, 0) is 12.8 Å². The lowest BCUT2D eigenvalue weighted by molar-refractivity contribution is 0.483. The van der Waals surface area contributed by atoms with E-state index in [0.717, 1.165) is 29.8 Å². The number of aromatic nitrogens is 1. The molecule has 1 unspecified atom stereocenters. The van der Waals surface area contributed by atoms with Gasteiger partial charge in [0, 0.05) is 12.5 Å². The molecule has 2 aromatic carbocycles. The highest BCUT2D eigenvalue weighted by molar-refractivity contribution is 5.72. The zero-order chi connectivity index (χ0) is 14.7. The largest absolute Gasteiger partial charge is 0.441 e. The second kappa shape index (κ2) is 6.10. The van der Waals surface area contributed by atoms with Crippen molar-refractivity contribution in [3.8, 4) is 0 Å². The quantitative estimate of drug-likeness (QED) is 0.776. The molecule has 3 heteroatoms. The maximum Gasteiger partial charge on any atom is 0.197 e. The van der Waals surface area contributed by atoms with Gasteiger partial charge < -0.3 is 10.2 Å². The van der Waals surface area contributed by atoms with Gasteiger partial charge in [-0.2, -0.15) is 0 Å². The molecule has 2 N–H and O–H groups in total. The summed E-state index contributed by atoms with van der Waals surface area (Å²) in [6.45, 7) is 2.14. The van der Waals surface area contributed by atoms with Crippen molar-refractivity contribution in [3.63, 3.8) is 0 Å². The van der Waals surface area contributed by atoms with E-state index in [0.29, 0.717) is 6.42 Å². The first kappa shape index (κ1) is 13.8. The summed E-state index contributed by atoms with van der Waals surface area (Å²) in [5.41, 5.74) is 10.7. The Morgan fingerprint density at radius 3 is 2.67 bits per heavy atom. The predicted molar refractivity (Wildman–Crippen MR) is 85.2 cm³/mol. The van der Waals surface area contributed by atoms with E-state index < -0.39 is 0 Å². The van der Waals surface area contributed by atoms with Gasteiger partial charge in [-0.3, -0.25) is 0 Å². The van der Waals surface area contributed by atoms with E-state index in [9.17, 15) is 0 Å². The third-order valence-electron chi connectivity index (χ3n) is 3.82. The van der Waals surface area contributed by atoms with Crippen LogP contribution in [0.2, 0.25) is 0 Å². The number of fused-ring (bicyclic) bond motifs is 1. The Hall–Kier alpha value is -2.13. The fourth-order valence-electron chi connectivity index (χ4n) is 2.57. The molecule has 0 aliphatic heterocycles. The van der Waals surface area contributed by atoms with Crippen LogP contribution in [0.25, 0.3) is 11.1 Å². The SMILES string of the molecule is Cc1ccccc1CCC(N)Cc1nc2ccccc2o1. The van der Waals surface area contributed by atoms with Crippen molar-refractivity contribution in [1.29, 1.82) is 0 Å².